The normalized spacial score (nSPS) is 26.9. The molecule has 0 aromatic heterocycles. The van der Waals surface area contributed by atoms with Crippen LogP contribution in [0.3, 0.4) is 0 Å². The van der Waals surface area contributed by atoms with Crippen molar-refractivity contribution in [2.75, 3.05) is 26.2 Å². The first-order valence-electron chi connectivity index (χ1n) is 8.53. The molecule has 3 nitrogen and oxygen atoms in total. The van der Waals surface area contributed by atoms with E-state index in [0.717, 1.165) is 30.9 Å². The third-order valence-electron chi connectivity index (χ3n) is 4.88. The third-order valence-corrected chi connectivity index (χ3v) is 4.88. The standard InChI is InChI=1S/C18H28N2O/c1-2-21-18-10-4-3-7-16(18)14-20-12-6-8-15(13-20)17-9-5-11-19-17/h3-4,7,10,15,17,19H,2,5-6,8-9,11-14H2,1H3. The SMILES string of the molecule is CCOc1ccccc1CN1CCCC(C2CCCN2)C1. The van der Waals surface area contributed by atoms with E-state index in [1.54, 1.807) is 0 Å². The summed E-state index contributed by atoms with van der Waals surface area (Å²) in [5.74, 6) is 1.89. The highest BCUT2D eigenvalue weighted by atomic mass is 16.5. The van der Waals surface area contributed by atoms with Crippen LogP contribution in [0.2, 0.25) is 0 Å². The minimum atomic E-state index is 0.742. The lowest BCUT2D eigenvalue weighted by Gasteiger charge is -2.36. The number of likely N-dealkylation sites (tertiary alicyclic amines) is 1. The minimum absolute atomic E-state index is 0.742. The van der Waals surface area contributed by atoms with Gasteiger partial charge in [0.25, 0.3) is 0 Å². The summed E-state index contributed by atoms with van der Waals surface area (Å²) in [5.41, 5.74) is 1.33. The Morgan fingerprint density at radius 1 is 1.24 bits per heavy atom. The molecule has 2 aliphatic heterocycles. The largest absolute Gasteiger partial charge is 0.494 e. The van der Waals surface area contributed by atoms with Crippen LogP contribution in [0.1, 0.15) is 38.2 Å². The van der Waals surface area contributed by atoms with Gasteiger partial charge in [0.05, 0.1) is 6.61 Å². The van der Waals surface area contributed by atoms with Crippen LogP contribution < -0.4 is 10.1 Å². The molecule has 2 heterocycles. The third kappa shape index (κ3) is 3.78. The van der Waals surface area contributed by atoms with E-state index in [1.165, 1.54) is 50.9 Å². The van der Waals surface area contributed by atoms with Crippen LogP contribution in [0.5, 0.6) is 5.75 Å². The van der Waals surface area contributed by atoms with Gasteiger partial charge in [-0.2, -0.15) is 0 Å². The summed E-state index contributed by atoms with van der Waals surface area (Å²) in [6.45, 7) is 7.50. The van der Waals surface area contributed by atoms with Gasteiger partial charge < -0.3 is 10.1 Å². The van der Waals surface area contributed by atoms with Gasteiger partial charge in [0, 0.05) is 24.7 Å². The highest BCUT2D eigenvalue weighted by Gasteiger charge is 2.29. The number of piperidine rings is 1. The Bertz CT molecular complexity index is 443. The van der Waals surface area contributed by atoms with E-state index in [9.17, 15) is 0 Å². The molecule has 2 atom stereocenters. The molecule has 0 bridgehead atoms. The molecule has 3 rings (SSSR count). The molecule has 0 amide bonds. The van der Waals surface area contributed by atoms with Crippen molar-refractivity contribution in [1.29, 1.82) is 0 Å². The van der Waals surface area contributed by atoms with Gasteiger partial charge in [0.1, 0.15) is 5.75 Å². The molecule has 1 aromatic carbocycles. The summed E-state index contributed by atoms with van der Waals surface area (Å²) in [6.07, 6.45) is 5.45. The summed E-state index contributed by atoms with van der Waals surface area (Å²) in [5, 5.41) is 3.69. The lowest BCUT2D eigenvalue weighted by Crippen LogP contribution is -2.43. The van der Waals surface area contributed by atoms with Crippen molar-refractivity contribution in [2.24, 2.45) is 5.92 Å². The maximum absolute atomic E-state index is 5.77. The smallest absolute Gasteiger partial charge is 0.123 e. The molecule has 0 radical (unpaired) electrons. The topological polar surface area (TPSA) is 24.5 Å². The number of benzene rings is 1. The van der Waals surface area contributed by atoms with Crippen molar-refractivity contribution in [2.45, 2.75) is 45.2 Å². The number of hydrogen-bond acceptors (Lipinski definition) is 3. The van der Waals surface area contributed by atoms with Crippen molar-refractivity contribution >= 4 is 0 Å². The lowest BCUT2D eigenvalue weighted by atomic mass is 9.89. The molecule has 0 aliphatic carbocycles. The van der Waals surface area contributed by atoms with Gasteiger partial charge in [-0.1, -0.05) is 18.2 Å². The molecule has 2 unspecified atom stereocenters. The zero-order chi connectivity index (χ0) is 14.5. The molecule has 116 valence electrons. The molecule has 1 N–H and O–H groups in total. The zero-order valence-electron chi connectivity index (χ0n) is 13.2. The first-order valence-corrected chi connectivity index (χ1v) is 8.53. The molecular weight excluding hydrogens is 260 g/mol. The maximum atomic E-state index is 5.77. The van der Waals surface area contributed by atoms with Gasteiger partial charge in [-0.25, -0.2) is 0 Å². The van der Waals surface area contributed by atoms with E-state index in [4.69, 9.17) is 4.74 Å². The Kier molecular flexibility index (Phi) is 5.15. The van der Waals surface area contributed by atoms with E-state index in [0.29, 0.717) is 0 Å². The monoisotopic (exact) mass is 288 g/mol. The van der Waals surface area contributed by atoms with Gasteiger partial charge in [0.15, 0.2) is 0 Å². The van der Waals surface area contributed by atoms with Crippen LogP contribution >= 0.6 is 0 Å². The van der Waals surface area contributed by atoms with Gasteiger partial charge >= 0.3 is 0 Å². The second-order valence-corrected chi connectivity index (χ2v) is 6.38. The van der Waals surface area contributed by atoms with E-state index in [-0.39, 0.29) is 0 Å². The molecule has 21 heavy (non-hydrogen) atoms. The van der Waals surface area contributed by atoms with Crippen LogP contribution in [0.15, 0.2) is 24.3 Å². The molecule has 1 aromatic rings. The molecule has 0 spiro atoms. The van der Waals surface area contributed by atoms with Gasteiger partial charge in [0.2, 0.25) is 0 Å². The molecule has 2 aliphatic rings. The van der Waals surface area contributed by atoms with Gasteiger partial charge in [-0.05, 0) is 57.7 Å². The van der Waals surface area contributed by atoms with Crippen LogP contribution in [-0.2, 0) is 6.54 Å². The average Bonchev–Trinajstić information content (AvgIpc) is 3.04. The summed E-state index contributed by atoms with van der Waals surface area (Å²) >= 11 is 0. The zero-order valence-corrected chi connectivity index (χ0v) is 13.2. The van der Waals surface area contributed by atoms with E-state index < -0.39 is 0 Å². The number of nitrogens with zero attached hydrogens (tertiary/aromatic N) is 1. The predicted octanol–water partition coefficient (Wildman–Crippen LogP) is 3.05. The second kappa shape index (κ2) is 7.28. The maximum Gasteiger partial charge on any atom is 0.123 e. The molecular formula is C18H28N2O. The number of para-hydroxylation sites is 1. The summed E-state index contributed by atoms with van der Waals surface area (Å²) in [4.78, 5) is 2.62. The fraction of sp³-hybridized carbons (Fsp3) is 0.667. The minimum Gasteiger partial charge on any atom is -0.494 e. The van der Waals surface area contributed by atoms with Gasteiger partial charge in [-0.15, -0.1) is 0 Å². The highest BCUT2D eigenvalue weighted by molar-refractivity contribution is 5.33. The Hall–Kier alpha value is -1.06. The fourth-order valence-corrected chi connectivity index (χ4v) is 3.85. The number of nitrogens with one attached hydrogen (secondary N) is 1. The van der Waals surface area contributed by atoms with Crippen molar-refractivity contribution in [3.63, 3.8) is 0 Å². The first-order chi connectivity index (χ1) is 10.4. The van der Waals surface area contributed by atoms with Crippen molar-refractivity contribution < 1.29 is 4.74 Å². The highest BCUT2D eigenvalue weighted by Crippen LogP contribution is 2.27. The number of ether oxygens (including phenoxy) is 1. The Morgan fingerprint density at radius 2 is 2.14 bits per heavy atom. The van der Waals surface area contributed by atoms with Crippen LogP contribution in [-0.4, -0.2) is 37.2 Å². The molecule has 0 saturated carbocycles. The Morgan fingerprint density at radius 3 is 2.95 bits per heavy atom. The Balaban J connectivity index is 1.61. The van der Waals surface area contributed by atoms with Crippen LogP contribution in [0.25, 0.3) is 0 Å². The molecule has 3 heteroatoms. The summed E-state index contributed by atoms with van der Waals surface area (Å²) < 4.78 is 5.77. The number of hydrogen-bond donors (Lipinski definition) is 1. The van der Waals surface area contributed by atoms with E-state index >= 15 is 0 Å². The van der Waals surface area contributed by atoms with Crippen molar-refractivity contribution in [1.82, 2.24) is 10.2 Å². The Labute approximate surface area is 128 Å². The molecule has 2 fully saturated rings. The van der Waals surface area contributed by atoms with Gasteiger partial charge in [-0.3, -0.25) is 4.90 Å². The quantitative estimate of drug-likeness (QED) is 0.901. The van der Waals surface area contributed by atoms with Crippen molar-refractivity contribution in [3.05, 3.63) is 29.8 Å². The summed E-state index contributed by atoms with van der Waals surface area (Å²) in [7, 11) is 0. The fourth-order valence-electron chi connectivity index (χ4n) is 3.85. The summed E-state index contributed by atoms with van der Waals surface area (Å²) in [6, 6.07) is 9.25. The van der Waals surface area contributed by atoms with Crippen LogP contribution in [0, 0.1) is 5.92 Å². The first kappa shape index (κ1) is 14.9. The van der Waals surface area contributed by atoms with E-state index in [1.807, 2.05) is 0 Å². The average molecular weight is 288 g/mol. The predicted molar refractivity (Wildman–Crippen MR) is 86.6 cm³/mol. The van der Waals surface area contributed by atoms with E-state index in [2.05, 4.69) is 41.4 Å². The second-order valence-electron chi connectivity index (χ2n) is 6.38. The van der Waals surface area contributed by atoms with Crippen LogP contribution in [0.4, 0.5) is 0 Å². The molecule has 2 saturated heterocycles. The number of rotatable bonds is 5. The lowest BCUT2D eigenvalue weighted by molar-refractivity contribution is 0.144. The van der Waals surface area contributed by atoms with Crippen molar-refractivity contribution in [3.8, 4) is 5.75 Å².